The fourth-order valence-corrected chi connectivity index (χ4v) is 2.19. The van der Waals surface area contributed by atoms with Crippen molar-refractivity contribution in [3.8, 4) is 0 Å². The summed E-state index contributed by atoms with van der Waals surface area (Å²) >= 11 is 0. The first-order valence-corrected chi connectivity index (χ1v) is 5.27. The molecule has 0 aliphatic heterocycles. The second-order valence-electron chi connectivity index (χ2n) is 3.96. The van der Waals surface area contributed by atoms with Gasteiger partial charge < -0.3 is 9.84 Å². The van der Waals surface area contributed by atoms with E-state index >= 15 is 0 Å². The lowest BCUT2D eigenvalue weighted by Crippen LogP contribution is -2.39. The summed E-state index contributed by atoms with van der Waals surface area (Å²) in [6.07, 6.45) is 2.34. The third kappa shape index (κ3) is 3.29. The molecule has 0 aromatic heterocycles. The number of rotatable bonds is 4. The molecular weight excluding hydrogens is 212 g/mol. The molecule has 0 radical (unpaired) electrons. The Hall–Kier alpha value is -1.46. The van der Waals surface area contributed by atoms with E-state index in [-0.39, 0.29) is 6.04 Å². The highest BCUT2D eigenvalue weighted by molar-refractivity contribution is 5.64. The van der Waals surface area contributed by atoms with E-state index in [1.54, 1.807) is 7.11 Å². The molecule has 16 heavy (non-hydrogen) atoms. The van der Waals surface area contributed by atoms with Crippen LogP contribution in [0.4, 0.5) is 4.79 Å². The van der Waals surface area contributed by atoms with Crippen LogP contribution in [-0.2, 0) is 4.74 Å². The van der Waals surface area contributed by atoms with E-state index in [1.165, 1.54) is 0 Å². The fourth-order valence-electron chi connectivity index (χ4n) is 2.19. The summed E-state index contributed by atoms with van der Waals surface area (Å²) in [5, 5.41) is 13.1. The molecule has 0 heterocycles. The molecule has 1 rings (SSSR count). The molecular formula is C9H17N4O3+. The maximum absolute atomic E-state index is 10.9. The zero-order chi connectivity index (χ0) is 12.0. The summed E-state index contributed by atoms with van der Waals surface area (Å²) in [4.78, 5) is 13.7. The van der Waals surface area contributed by atoms with Crippen molar-refractivity contribution in [3.63, 3.8) is 0 Å². The predicted molar refractivity (Wildman–Crippen MR) is 54.8 cm³/mol. The smallest absolute Gasteiger partial charge is 0.445 e. The van der Waals surface area contributed by atoms with Gasteiger partial charge in [-0.2, -0.15) is 4.79 Å². The van der Waals surface area contributed by atoms with Crippen LogP contribution in [0.1, 0.15) is 25.7 Å². The van der Waals surface area contributed by atoms with E-state index in [0.717, 1.165) is 30.7 Å². The van der Waals surface area contributed by atoms with E-state index in [4.69, 9.17) is 15.4 Å². The van der Waals surface area contributed by atoms with Gasteiger partial charge in [0.2, 0.25) is 5.22 Å². The van der Waals surface area contributed by atoms with E-state index in [2.05, 4.69) is 10.1 Å². The minimum Gasteiger partial charge on any atom is -0.445 e. The Labute approximate surface area is 93.6 Å². The van der Waals surface area contributed by atoms with Crippen molar-refractivity contribution in [2.45, 2.75) is 31.7 Å². The van der Waals surface area contributed by atoms with E-state index < -0.39 is 6.09 Å². The first-order valence-electron chi connectivity index (χ1n) is 5.27. The Morgan fingerprint density at radius 1 is 1.69 bits per heavy atom. The van der Waals surface area contributed by atoms with Gasteiger partial charge in [-0.15, -0.1) is 0 Å². The molecule has 1 aliphatic carbocycles. The number of hydrogen-bond donors (Lipinski definition) is 2. The minimum atomic E-state index is -1.15. The lowest BCUT2D eigenvalue weighted by atomic mass is 9.86. The summed E-state index contributed by atoms with van der Waals surface area (Å²) in [7, 11) is 1.64. The van der Waals surface area contributed by atoms with Crippen molar-refractivity contribution in [1.82, 2.24) is 9.92 Å². The van der Waals surface area contributed by atoms with Crippen LogP contribution in [0.5, 0.6) is 0 Å². The molecule has 0 aromatic rings. The lowest BCUT2D eigenvalue weighted by molar-refractivity contribution is 0.0707. The maximum atomic E-state index is 10.9. The summed E-state index contributed by atoms with van der Waals surface area (Å²) in [6.45, 7) is 0.641. The monoisotopic (exact) mass is 229 g/mol. The van der Waals surface area contributed by atoms with Crippen LogP contribution in [0.3, 0.4) is 0 Å². The van der Waals surface area contributed by atoms with Crippen molar-refractivity contribution in [2.75, 3.05) is 13.7 Å². The van der Waals surface area contributed by atoms with Gasteiger partial charge in [0, 0.05) is 13.7 Å². The van der Waals surface area contributed by atoms with Crippen LogP contribution in [0.2, 0.25) is 0 Å². The van der Waals surface area contributed by atoms with Crippen molar-refractivity contribution in [2.24, 2.45) is 11.1 Å². The molecule has 1 saturated carbocycles. The second-order valence-corrected chi connectivity index (χ2v) is 3.96. The number of hydrogen-bond acceptors (Lipinski definition) is 4. The second kappa shape index (κ2) is 6.19. The quantitative estimate of drug-likeness (QED) is 0.435. The van der Waals surface area contributed by atoms with Gasteiger partial charge >= 0.3 is 6.09 Å². The fraction of sp³-hybridized carbons (Fsp3) is 0.889. The predicted octanol–water partition coefficient (Wildman–Crippen LogP) is 1.64. The number of ether oxygens (including phenoxy) is 1. The van der Waals surface area contributed by atoms with E-state index in [9.17, 15) is 4.79 Å². The molecule has 0 spiro atoms. The molecule has 0 aromatic carbocycles. The molecule has 2 atom stereocenters. The highest BCUT2D eigenvalue weighted by Gasteiger charge is 2.36. The largest absolute Gasteiger partial charge is 0.526 e. The van der Waals surface area contributed by atoms with Gasteiger partial charge in [-0.25, -0.2) is 0 Å². The molecule has 90 valence electrons. The van der Waals surface area contributed by atoms with Gasteiger partial charge in [0.15, 0.2) is 0 Å². The van der Waals surface area contributed by atoms with Gasteiger partial charge in [-0.3, -0.25) is 0 Å². The molecule has 1 amide bonds. The highest BCUT2D eigenvalue weighted by atomic mass is 16.5. The minimum absolute atomic E-state index is 0.180. The lowest BCUT2D eigenvalue weighted by Gasteiger charge is -2.27. The summed E-state index contributed by atoms with van der Waals surface area (Å²) in [5.74, 6) is 0.367. The van der Waals surface area contributed by atoms with Crippen molar-refractivity contribution in [1.29, 1.82) is 5.53 Å². The normalized spacial score (nSPS) is 24.6. The van der Waals surface area contributed by atoms with Gasteiger partial charge in [0.1, 0.15) is 6.04 Å². The standard InChI is InChI=1S/C9H16N4O3/c1-16-6-7-3-2-4-8(5-7)13(9(14)15)12-11-10/h7-8,10H,2-6H2,1H3/p+1/t7-,8?/m0/s1. The maximum Gasteiger partial charge on any atom is 0.526 e. The number of carboxylic acid groups (broad SMARTS) is 1. The molecule has 2 N–H and O–H groups in total. The summed E-state index contributed by atoms with van der Waals surface area (Å²) in [6, 6.07) is -0.180. The molecule has 0 bridgehead atoms. The van der Waals surface area contributed by atoms with Crippen LogP contribution in [-0.4, -0.2) is 36.0 Å². The van der Waals surface area contributed by atoms with Crippen LogP contribution in [0.25, 0.3) is 0 Å². The van der Waals surface area contributed by atoms with E-state index in [1.807, 2.05) is 0 Å². The number of carbonyl (C=O) groups is 1. The highest BCUT2D eigenvalue weighted by Crippen LogP contribution is 2.28. The average molecular weight is 229 g/mol. The third-order valence-corrected chi connectivity index (χ3v) is 2.84. The molecule has 7 heteroatoms. The van der Waals surface area contributed by atoms with E-state index in [0.29, 0.717) is 12.5 Å². The Morgan fingerprint density at radius 2 is 2.44 bits per heavy atom. The molecule has 0 saturated heterocycles. The molecule has 7 nitrogen and oxygen atoms in total. The zero-order valence-electron chi connectivity index (χ0n) is 9.30. The van der Waals surface area contributed by atoms with Gasteiger partial charge in [0.25, 0.3) is 0 Å². The van der Waals surface area contributed by atoms with Crippen LogP contribution in [0, 0.1) is 11.4 Å². The van der Waals surface area contributed by atoms with Gasteiger partial charge in [-0.1, -0.05) is 0 Å². The summed E-state index contributed by atoms with van der Waals surface area (Å²) in [5.41, 5.74) is 6.60. The van der Waals surface area contributed by atoms with Crippen LogP contribution in [0.15, 0.2) is 5.22 Å². The SMILES string of the molecule is COC[C@H]1CCCC(N(N=[N+]=N)C(=O)O)C1. The van der Waals surface area contributed by atoms with Crippen LogP contribution < -0.4 is 4.91 Å². The number of nitrogens with one attached hydrogen (secondary N) is 1. The third-order valence-electron chi connectivity index (χ3n) is 2.84. The Kier molecular flexibility index (Phi) is 4.88. The van der Waals surface area contributed by atoms with Gasteiger partial charge in [-0.05, 0) is 42.1 Å². The number of nitrogens with zero attached hydrogens (tertiary/aromatic N) is 3. The van der Waals surface area contributed by atoms with Crippen molar-refractivity contribution in [3.05, 3.63) is 0 Å². The van der Waals surface area contributed by atoms with Crippen LogP contribution >= 0.6 is 0 Å². The number of methoxy groups -OCH3 is 1. The first-order chi connectivity index (χ1) is 7.69. The first kappa shape index (κ1) is 12.6. The molecule has 1 aliphatic rings. The summed E-state index contributed by atoms with van der Waals surface area (Å²) < 4.78 is 5.07. The Morgan fingerprint density at radius 3 is 3.00 bits per heavy atom. The Bertz CT molecular complexity index is 286. The van der Waals surface area contributed by atoms with Gasteiger partial charge in [0.05, 0.1) is 4.91 Å². The molecule has 1 unspecified atom stereocenters. The average Bonchev–Trinajstić information content (AvgIpc) is 2.26. The topological polar surface area (TPSA) is 100 Å². The molecule has 1 fully saturated rings. The van der Waals surface area contributed by atoms with Crippen molar-refractivity contribution >= 4 is 6.09 Å². The zero-order valence-corrected chi connectivity index (χ0v) is 9.30. The Balaban J connectivity index is 2.62. The number of amides is 1. The van der Waals surface area contributed by atoms with Crippen molar-refractivity contribution < 1.29 is 14.6 Å².